The number of hydrogen-bond acceptors (Lipinski definition) is 5. The second kappa shape index (κ2) is 7.89. The molecule has 0 spiro atoms. The molecule has 8 heteroatoms. The van der Waals surface area contributed by atoms with Crippen molar-refractivity contribution in [2.24, 2.45) is 5.92 Å². The number of benzene rings is 1. The highest BCUT2D eigenvalue weighted by atomic mass is 35.5. The van der Waals surface area contributed by atoms with Gasteiger partial charge in [0.05, 0.1) is 11.6 Å². The van der Waals surface area contributed by atoms with Crippen molar-refractivity contribution in [1.29, 1.82) is 0 Å². The third kappa shape index (κ3) is 3.71. The molecule has 2 aliphatic rings. The summed E-state index contributed by atoms with van der Waals surface area (Å²) in [5.74, 6) is 0.212. The summed E-state index contributed by atoms with van der Waals surface area (Å²) >= 11 is 6.11. The van der Waals surface area contributed by atoms with Gasteiger partial charge in [-0.1, -0.05) is 11.6 Å². The van der Waals surface area contributed by atoms with E-state index in [0.29, 0.717) is 47.1 Å². The Hall–Kier alpha value is -1.83. The summed E-state index contributed by atoms with van der Waals surface area (Å²) in [5.41, 5.74) is 7.71. The Kier molecular flexibility index (Phi) is 5.49. The number of oxazole rings is 1. The van der Waals surface area contributed by atoms with Crippen molar-refractivity contribution >= 4 is 28.6 Å². The Balaban J connectivity index is 1.46. The number of nitrogens with one attached hydrogen (secondary N) is 2. The van der Waals surface area contributed by atoms with Crippen LogP contribution in [0.4, 0.5) is 0 Å². The molecule has 28 heavy (non-hydrogen) atoms. The Bertz CT molecular complexity index is 914. The van der Waals surface area contributed by atoms with E-state index in [1.54, 1.807) is 22.8 Å². The quantitative estimate of drug-likeness (QED) is 0.816. The van der Waals surface area contributed by atoms with Gasteiger partial charge < -0.3 is 9.32 Å². The minimum atomic E-state index is -0.387. The van der Waals surface area contributed by atoms with Crippen molar-refractivity contribution in [2.45, 2.75) is 57.7 Å². The van der Waals surface area contributed by atoms with Gasteiger partial charge in [0, 0.05) is 36.6 Å². The number of fused-ring (bicyclic) bond motifs is 1. The summed E-state index contributed by atoms with van der Waals surface area (Å²) < 4.78 is 7.04. The van der Waals surface area contributed by atoms with E-state index in [2.05, 4.69) is 24.7 Å². The molecule has 3 heterocycles. The summed E-state index contributed by atoms with van der Waals surface area (Å²) in [7, 11) is 0. The van der Waals surface area contributed by atoms with Crippen molar-refractivity contribution in [3.05, 3.63) is 33.8 Å². The number of halogens is 1. The van der Waals surface area contributed by atoms with Gasteiger partial charge in [-0.2, -0.15) is 0 Å². The zero-order chi connectivity index (χ0) is 19.8. The van der Waals surface area contributed by atoms with Crippen LogP contribution in [0.5, 0.6) is 0 Å². The molecule has 152 valence electrons. The highest BCUT2D eigenvalue weighted by Crippen LogP contribution is 2.28. The number of carbonyl (C=O) groups excluding carboxylic acids is 1. The van der Waals surface area contributed by atoms with E-state index in [1.807, 2.05) is 4.90 Å². The molecule has 0 bridgehead atoms. The van der Waals surface area contributed by atoms with E-state index in [9.17, 15) is 9.59 Å². The van der Waals surface area contributed by atoms with Gasteiger partial charge in [-0.25, -0.2) is 4.79 Å². The van der Waals surface area contributed by atoms with Crippen molar-refractivity contribution in [2.75, 3.05) is 13.1 Å². The van der Waals surface area contributed by atoms with E-state index >= 15 is 0 Å². The molecule has 3 unspecified atom stereocenters. The summed E-state index contributed by atoms with van der Waals surface area (Å²) in [4.78, 5) is 27.2. The number of nitrogens with zero attached hydrogens (tertiary/aromatic N) is 2. The van der Waals surface area contributed by atoms with Crippen LogP contribution in [0.2, 0.25) is 5.02 Å². The fourth-order valence-corrected chi connectivity index (χ4v) is 4.77. The largest absolute Gasteiger partial charge is 0.420 e. The molecule has 1 aromatic carbocycles. The molecule has 1 amide bonds. The fraction of sp³-hybridized carbons (Fsp3) is 0.600. The molecule has 2 aromatic rings. The standard InChI is InChI=1S/C20H27ClN4O3/c1-12-16(13(2)23-22-12)6-8-19(26)24-9-3-4-15(11-24)25-17-10-14(21)5-7-18(17)28-20(25)27/h5,7,10,12-13,15-16,22-23H,3-4,6,8-9,11H2,1-2H3. The first kappa shape index (κ1) is 19.5. The minimum Gasteiger partial charge on any atom is -0.408 e. The fourth-order valence-electron chi connectivity index (χ4n) is 4.60. The van der Waals surface area contributed by atoms with E-state index < -0.39 is 0 Å². The first-order valence-electron chi connectivity index (χ1n) is 10.0. The number of rotatable bonds is 4. The predicted molar refractivity (Wildman–Crippen MR) is 108 cm³/mol. The van der Waals surface area contributed by atoms with Gasteiger partial charge in [0.25, 0.3) is 0 Å². The van der Waals surface area contributed by atoms with Crippen LogP contribution in [0, 0.1) is 5.92 Å². The first-order valence-corrected chi connectivity index (χ1v) is 10.4. The van der Waals surface area contributed by atoms with Gasteiger partial charge >= 0.3 is 5.76 Å². The maximum absolute atomic E-state index is 12.8. The number of hydrogen-bond donors (Lipinski definition) is 2. The number of aromatic nitrogens is 1. The van der Waals surface area contributed by atoms with Crippen molar-refractivity contribution in [3.8, 4) is 0 Å². The van der Waals surface area contributed by atoms with Gasteiger partial charge in [0.2, 0.25) is 5.91 Å². The third-order valence-corrected chi connectivity index (χ3v) is 6.44. The van der Waals surface area contributed by atoms with Gasteiger partial charge in [0.15, 0.2) is 5.58 Å². The number of piperidine rings is 1. The second-order valence-corrected chi connectivity index (χ2v) is 8.49. The number of likely N-dealkylation sites (tertiary alicyclic amines) is 1. The molecule has 2 fully saturated rings. The second-order valence-electron chi connectivity index (χ2n) is 8.05. The molecule has 0 aliphatic carbocycles. The maximum Gasteiger partial charge on any atom is 0.420 e. The van der Waals surface area contributed by atoms with E-state index in [4.69, 9.17) is 16.0 Å². The Labute approximate surface area is 169 Å². The van der Waals surface area contributed by atoms with Crippen molar-refractivity contribution in [1.82, 2.24) is 20.3 Å². The number of amides is 1. The zero-order valence-corrected chi connectivity index (χ0v) is 17.0. The lowest BCUT2D eigenvalue weighted by atomic mass is 9.91. The van der Waals surface area contributed by atoms with Crippen molar-refractivity contribution < 1.29 is 9.21 Å². The SMILES string of the molecule is CC1NNC(C)C1CCC(=O)N1CCCC(n2c(=O)oc3ccc(Cl)cc32)C1. The maximum atomic E-state index is 12.8. The molecule has 1 aromatic heterocycles. The molecule has 0 radical (unpaired) electrons. The predicted octanol–water partition coefficient (Wildman–Crippen LogP) is 2.69. The molecule has 7 nitrogen and oxygen atoms in total. The van der Waals surface area contributed by atoms with E-state index in [0.717, 1.165) is 25.8 Å². The molecule has 0 saturated carbocycles. The summed E-state index contributed by atoms with van der Waals surface area (Å²) in [6.45, 7) is 5.56. The normalized spacial score (nSPS) is 28.2. The minimum absolute atomic E-state index is 0.0856. The smallest absolute Gasteiger partial charge is 0.408 e. The van der Waals surface area contributed by atoms with Crippen LogP contribution in [0.3, 0.4) is 0 Å². The first-order chi connectivity index (χ1) is 13.4. The summed E-state index contributed by atoms with van der Waals surface area (Å²) in [6, 6.07) is 5.81. The van der Waals surface area contributed by atoms with Crippen LogP contribution >= 0.6 is 11.6 Å². The van der Waals surface area contributed by atoms with Gasteiger partial charge in [-0.15, -0.1) is 0 Å². The van der Waals surface area contributed by atoms with Gasteiger partial charge in [-0.05, 0) is 57.2 Å². The van der Waals surface area contributed by atoms with Crippen molar-refractivity contribution in [3.63, 3.8) is 0 Å². The number of hydrazine groups is 1. The zero-order valence-electron chi connectivity index (χ0n) is 16.3. The van der Waals surface area contributed by atoms with E-state index in [1.165, 1.54) is 0 Å². The molecule has 3 atom stereocenters. The highest BCUT2D eigenvalue weighted by molar-refractivity contribution is 6.31. The van der Waals surface area contributed by atoms with Crippen LogP contribution in [-0.4, -0.2) is 40.5 Å². The summed E-state index contributed by atoms with van der Waals surface area (Å²) in [6.07, 6.45) is 3.10. The number of carbonyl (C=O) groups is 1. The van der Waals surface area contributed by atoms with Crippen LogP contribution < -0.4 is 16.6 Å². The molecule has 4 rings (SSSR count). The van der Waals surface area contributed by atoms with Crippen LogP contribution in [0.15, 0.2) is 27.4 Å². The lowest BCUT2D eigenvalue weighted by molar-refractivity contribution is -0.133. The molecular formula is C20H27ClN4O3. The summed E-state index contributed by atoms with van der Waals surface area (Å²) in [5, 5.41) is 0.563. The van der Waals surface area contributed by atoms with Gasteiger partial charge in [0.1, 0.15) is 0 Å². The molecule has 2 aliphatic heterocycles. The van der Waals surface area contributed by atoms with E-state index in [-0.39, 0.29) is 17.7 Å². The van der Waals surface area contributed by atoms with Crippen LogP contribution in [0.1, 0.15) is 45.6 Å². The average Bonchev–Trinajstić information content (AvgIpc) is 3.17. The highest BCUT2D eigenvalue weighted by Gasteiger charge is 2.32. The molecule has 2 N–H and O–H groups in total. The molecular weight excluding hydrogens is 380 g/mol. The Morgan fingerprint density at radius 3 is 2.79 bits per heavy atom. The Morgan fingerprint density at radius 1 is 1.29 bits per heavy atom. The van der Waals surface area contributed by atoms with Crippen LogP contribution in [0.25, 0.3) is 11.1 Å². The average molecular weight is 407 g/mol. The lowest BCUT2D eigenvalue weighted by Gasteiger charge is -2.33. The topological polar surface area (TPSA) is 79.5 Å². The lowest BCUT2D eigenvalue weighted by Crippen LogP contribution is -2.42. The monoisotopic (exact) mass is 406 g/mol. The van der Waals surface area contributed by atoms with Gasteiger partial charge in [-0.3, -0.25) is 20.2 Å². The molecule has 2 saturated heterocycles. The van der Waals surface area contributed by atoms with Crippen LogP contribution in [-0.2, 0) is 4.79 Å². The third-order valence-electron chi connectivity index (χ3n) is 6.20. The Morgan fingerprint density at radius 2 is 2.04 bits per heavy atom.